The molecule has 0 spiro atoms. The fraction of sp³-hybridized carbons (Fsp3) is 0.533. The third kappa shape index (κ3) is 3.48. The van der Waals surface area contributed by atoms with Crippen LogP contribution in [0, 0.1) is 6.92 Å². The van der Waals surface area contributed by atoms with E-state index in [1.807, 2.05) is 6.92 Å². The van der Waals surface area contributed by atoms with Crippen molar-refractivity contribution < 1.29 is 4.74 Å². The molecule has 19 heavy (non-hydrogen) atoms. The van der Waals surface area contributed by atoms with Gasteiger partial charge in [-0.25, -0.2) is 4.98 Å². The Bertz CT molecular complexity index is 536. The summed E-state index contributed by atoms with van der Waals surface area (Å²) in [6, 6.07) is 6.38. The molecule has 0 bridgehead atoms. The number of aromatic nitrogens is 2. The molecule has 0 saturated carbocycles. The topological polar surface area (TPSA) is 27.1 Å². The molecule has 0 aliphatic heterocycles. The Balaban J connectivity index is 2.25. The van der Waals surface area contributed by atoms with E-state index in [1.165, 1.54) is 11.1 Å². The fourth-order valence-electron chi connectivity index (χ4n) is 2.28. The molecule has 0 aliphatic carbocycles. The highest BCUT2D eigenvalue weighted by atomic mass is 35.5. The van der Waals surface area contributed by atoms with E-state index in [1.54, 1.807) is 0 Å². The zero-order chi connectivity index (χ0) is 13.7. The van der Waals surface area contributed by atoms with Crippen molar-refractivity contribution in [3.63, 3.8) is 0 Å². The molecule has 2 rings (SSSR count). The second-order valence-corrected chi connectivity index (χ2v) is 5.04. The Morgan fingerprint density at radius 3 is 2.95 bits per heavy atom. The van der Waals surface area contributed by atoms with Gasteiger partial charge in [0.1, 0.15) is 5.82 Å². The normalized spacial score (nSPS) is 11.3. The third-order valence-electron chi connectivity index (χ3n) is 3.18. The first-order chi connectivity index (χ1) is 9.26. The van der Waals surface area contributed by atoms with Gasteiger partial charge in [0.2, 0.25) is 0 Å². The van der Waals surface area contributed by atoms with E-state index in [-0.39, 0.29) is 0 Å². The van der Waals surface area contributed by atoms with Gasteiger partial charge in [0.15, 0.2) is 0 Å². The summed E-state index contributed by atoms with van der Waals surface area (Å²) in [4.78, 5) is 4.68. The molecule has 0 radical (unpaired) electrons. The molecule has 104 valence electrons. The van der Waals surface area contributed by atoms with Gasteiger partial charge in [-0.3, -0.25) is 0 Å². The van der Waals surface area contributed by atoms with Crippen molar-refractivity contribution in [1.29, 1.82) is 0 Å². The Labute approximate surface area is 119 Å². The second-order valence-electron chi connectivity index (χ2n) is 4.66. The van der Waals surface area contributed by atoms with E-state index in [9.17, 15) is 0 Å². The number of hydrogen-bond acceptors (Lipinski definition) is 2. The quantitative estimate of drug-likeness (QED) is 0.573. The molecule has 0 N–H and O–H groups in total. The van der Waals surface area contributed by atoms with Crippen LogP contribution in [0.3, 0.4) is 0 Å². The van der Waals surface area contributed by atoms with Crippen molar-refractivity contribution in [2.24, 2.45) is 0 Å². The van der Waals surface area contributed by atoms with E-state index in [0.29, 0.717) is 5.88 Å². The van der Waals surface area contributed by atoms with Crippen LogP contribution in [0.15, 0.2) is 18.2 Å². The first-order valence-corrected chi connectivity index (χ1v) is 7.39. The fourth-order valence-corrected chi connectivity index (χ4v) is 2.45. The predicted octanol–water partition coefficient (Wildman–Crippen LogP) is 3.55. The molecular formula is C15H21ClN2O. The largest absolute Gasteiger partial charge is 0.382 e. The number of benzene rings is 1. The summed E-state index contributed by atoms with van der Waals surface area (Å²) in [6.07, 6.45) is 1.81. The molecular weight excluding hydrogens is 260 g/mol. The van der Waals surface area contributed by atoms with Crippen molar-refractivity contribution in [2.45, 2.75) is 33.2 Å². The molecule has 3 nitrogen and oxygen atoms in total. The minimum atomic E-state index is 0.605. The summed E-state index contributed by atoms with van der Waals surface area (Å²) < 4.78 is 7.69. The molecule has 1 aromatic heterocycles. The first kappa shape index (κ1) is 14.4. The summed E-state index contributed by atoms with van der Waals surface area (Å²) in [7, 11) is 0. The average molecular weight is 281 g/mol. The number of aryl methyl sites for hydroxylation is 3. The highest BCUT2D eigenvalue weighted by Crippen LogP contribution is 2.19. The number of ether oxygens (including phenoxy) is 1. The van der Waals surface area contributed by atoms with Crippen LogP contribution in [0.1, 0.15) is 24.7 Å². The van der Waals surface area contributed by atoms with Gasteiger partial charge in [-0.15, -0.1) is 11.6 Å². The molecule has 2 aromatic rings. The third-order valence-corrected chi connectivity index (χ3v) is 3.36. The van der Waals surface area contributed by atoms with Gasteiger partial charge in [0.25, 0.3) is 0 Å². The maximum Gasteiger partial charge on any atom is 0.111 e. The predicted molar refractivity (Wildman–Crippen MR) is 80.0 cm³/mol. The minimum absolute atomic E-state index is 0.605. The van der Waals surface area contributed by atoms with Crippen molar-refractivity contribution in [3.05, 3.63) is 29.6 Å². The van der Waals surface area contributed by atoms with E-state index >= 15 is 0 Å². The van der Waals surface area contributed by atoms with Crippen LogP contribution in [0.25, 0.3) is 11.0 Å². The lowest BCUT2D eigenvalue weighted by Gasteiger charge is -2.08. The standard InChI is InChI=1S/C15H21ClN2O/c1-3-19-10-4-9-18-14-11-12(2)5-6-13(14)17-15(18)7-8-16/h5-6,11H,3-4,7-10H2,1-2H3. The molecule has 0 unspecified atom stereocenters. The number of nitrogens with zero attached hydrogens (tertiary/aromatic N) is 2. The van der Waals surface area contributed by atoms with E-state index in [2.05, 4.69) is 34.7 Å². The Morgan fingerprint density at radius 1 is 1.37 bits per heavy atom. The van der Waals surface area contributed by atoms with Crippen LogP contribution >= 0.6 is 11.6 Å². The Hall–Kier alpha value is -1.06. The van der Waals surface area contributed by atoms with Crippen LogP contribution < -0.4 is 0 Å². The van der Waals surface area contributed by atoms with Crippen LogP contribution in [0.4, 0.5) is 0 Å². The summed E-state index contributed by atoms with van der Waals surface area (Å²) >= 11 is 5.87. The number of halogens is 1. The maximum atomic E-state index is 5.87. The number of fused-ring (bicyclic) bond motifs is 1. The van der Waals surface area contributed by atoms with Crippen molar-refractivity contribution >= 4 is 22.6 Å². The molecule has 4 heteroatoms. The Morgan fingerprint density at radius 2 is 2.21 bits per heavy atom. The smallest absolute Gasteiger partial charge is 0.111 e. The van der Waals surface area contributed by atoms with Gasteiger partial charge in [0.05, 0.1) is 11.0 Å². The average Bonchev–Trinajstić information content (AvgIpc) is 2.73. The lowest BCUT2D eigenvalue weighted by atomic mass is 10.2. The highest BCUT2D eigenvalue weighted by molar-refractivity contribution is 6.17. The van der Waals surface area contributed by atoms with Crippen molar-refractivity contribution in [1.82, 2.24) is 9.55 Å². The number of hydrogen-bond donors (Lipinski definition) is 0. The van der Waals surface area contributed by atoms with Crippen LogP contribution in [0.2, 0.25) is 0 Å². The molecule has 1 aromatic carbocycles. The molecule has 0 aliphatic rings. The molecule has 0 fully saturated rings. The molecule has 0 amide bonds. The van der Waals surface area contributed by atoms with Gasteiger partial charge >= 0.3 is 0 Å². The lowest BCUT2D eigenvalue weighted by molar-refractivity contribution is 0.141. The molecule has 1 heterocycles. The maximum absolute atomic E-state index is 5.87. The minimum Gasteiger partial charge on any atom is -0.382 e. The zero-order valence-electron chi connectivity index (χ0n) is 11.7. The van der Waals surface area contributed by atoms with Gasteiger partial charge in [-0.1, -0.05) is 6.07 Å². The summed E-state index contributed by atoms with van der Waals surface area (Å²) in [6.45, 7) is 6.64. The van der Waals surface area contributed by atoms with Crippen molar-refractivity contribution in [2.75, 3.05) is 19.1 Å². The Kier molecular flexibility index (Phi) is 5.23. The van der Waals surface area contributed by atoms with E-state index < -0.39 is 0 Å². The number of rotatable bonds is 7. The van der Waals surface area contributed by atoms with Gasteiger partial charge in [0, 0.05) is 32.1 Å². The highest BCUT2D eigenvalue weighted by Gasteiger charge is 2.10. The van der Waals surface area contributed by atoms with Crippen LogP contribution in [-0.4, -0.2) is 28.6 Å². The van der Waals surface area contributed by atoms with Gasteiger partial charge in [-0.05, 0) is 38.0 Å². The first-order valence-electron chi connectivity index (χ1n) is 6.85. The van der Waals surface area contributed by atoms with Crippen LogP contribution in [-0.2, 0) is 17.7 Å². The van der Waals surface area contributed by atoms with E-state index in [4.69, 9.17) is 16.3 Å². The van der Waals surface area contributed by atoms with Gasteiger partial charge < -0.3 is 9.30 Å². The van der Waals surface area contributed by atoms with Crippen molar-refractivity contribution in [3.8, 4) is 0 Å². The van der Waals surface area contributed by atoms with E-state index in [0.717, 1.165) is 43.9 Å². The molecule has 0 atom stereocenters. The number of alkyl halides is 1. The summed E-state index contributed by atoms with van der Waals surface area (Å²) in [5.74, 6) is 1.68. The number of imidazole rings is 1. The van der Waals surface area contributed by atoms with Crippen LogP contribution in [0.5, 0.6) is 0 Å². The summed E-state index contributed by atoms with van der Waals surface area (Å²) in [5.41, 5.74) is 3.52. The van der Waals surface area contributed by atoms with Gasteiger partial charge in [-0.2, -0.15) is 0 Å². The SMILES string of the molecule is CCOCCCn1c(CCCl)nc2ccc(C)cc21. The second kappa shape index (κ2) is 6.92. The lowest BCUT2D eigenvalue weighted by Crippen LogP contribution is -2.07. The summed E-state index contributed by atoms with van der Waals surface area (Å²) in [5, 5.41) is 0. The monoisotopic (exact) mass is 280 g/mol. The molecule has 0 saturated heterocycles. The zero-order valence-corrected chi connectivity index (χ0v) is 12.4.